The van der Waals surface area contributed by atoms with E-state index in [2.05, 4.69) is 5.32 Å². The zero-order valence-corrected chi connectivity index (χ0v) is 16.0. The summed E-state index contributed by atoms with van der Waals surface area (Å²) < 4.78 is 15.9. The molecule has 0 fully saturated rings. The number of ether oxygens (including phenoxy) is 1. The number of aryl methyl sites for hydroxylation is 1. The Balaban J connectivity index is 1.95. The molecule has 1 amide bonds. The minimum absolute atomic E-state index is 0.0316. The number of carbonyl (C=O) groups is 1. The SMILES string of the molecule is COc1cc([C@H](CC(=O)NCc2ccco2)c2oc(C)cc(=O)c2O)ccc1O. The first-order valence-corrected chi connectivity index (χ1v) is 8.88. The maximum atomic E-state index is 12.6. The zero-order valence-electron chi connectivity index (χ0n) is 16.0. The van der Waals surface area contributed by atoms with Gasteiger partial charge in [-0.15, -0.1) is 0 Å². The van der Waals surface area contributed by atoms with Gasteiger partial charge in [-0.1, -0.05) is 6.07 Å². The van der Waals surface area contributed by atoms with Gasteiger partial charge in [0.1, 0.15) is 11.5 Å². The number of benzene rings is 1. The second kappa shape index (κ2) is 8.55. The number of furan rings is 1. The number of aromatic hydroxyl groups is 2. The lowest BCUT2D eigenvalue weighted by atomic mass is 9.91. The smallest absolute Gasteiger partial charge is 0.227 e. The Morgan fingerprint density at radius 2 is 2.03 bits per heavy atom. The summed E-state index contributed by atoms with van der Waals surface area (Å²) in [5.74, 6) is -0.719. The quantitative estimate of drug-likeness (QED) is 0.558. The zero-order chi connectivity index (χ0) is 21.0. The number of hydrogen-bond donors (Lipinski definition) is 3. The van der Waals surface area contributed by atoms with Crippen molar-refractivity contribution in [1.82, 2.24) is 5.32 Å². The molecule has 0 saturated heterocycles. The van der Waals surface area contributed by atoms with Gasteiger partial charge >= 0.3 is 0 Å². The summed E-state index contributed by atoms with van der Waals surface area (Å²) in [6.07, 6.45) is 1.39. The fourth-order valence-electron chi connectivity index (χ4n) is 2.99. The van der Waals surface area contributed by atoms with E-state index < -0.39 is 17.1 Å². The molecule has 0 unspecified atom stereocenters. The third-order valence-electron chi connectivity index (χ3n) is 4.42. The molecule has 0 bridgehead atoms. The van der Waals surface area contributed by atoms with E-state index in [4.69, 9.17) is 13.6 Å². The van der Waals surface area contributed by atoms with Gasteiger partial charge in [-0.3, -0.25) is 9.59 Å². The molecule has 152 valence electrons. The second-order valence-corrected chi connectivity index (χ2v) is 6.48. The highest BCUT2D eigenvalue weighted by Gasteiger charge is 2.26. The van der Waals surface area contributed by atoms with Crippen molar-refractivity contribution in [2.75, 3.05) is 7.11 Å². The number of phenols is 1. The first kappa shape index (κ1) is 20.1. The molecule has 8 nitrogen and oxygen atoms in total. The van der Waals surface area contributed by atoms with Gasteiger partial charge in [0, 0.05) is 12.5 Å². The maximum Gasteiger partial charge on any atom is 0.227 e. The van der Waals surface area contributed by atoms with E-state index in [0.717, 1.165) is 0 Å². The summed E-state index contributed by atoms with van der Waals surface area (Å²) in [5.41, 5.74) is -0.0765. The van der Waals surface area contributed by atoms with Gasteiger partial charge in [-0.25, -0.2) is 0 Å². The van der Waals surface area contributed by atoms with Crippen molar-refractivity contribution in [3.05, 3.63) is 75.7 Å². The van der Waals surface area contributed by atoms with Crippen LogP contribution in [0, 0.1) is 6.92 Å². The molecule has 2 heterocycles. The summed E-state index contributed by atoms with van der Waals surface area (Å²) in [4.78, 5) is 24.6. The average molecular weight is 399 g/mol. The van der Waals surface area contributed by atoms with Crippen molar-refractivity contribution in [2.45, 2.75) is 25.8 Å². The van der Waals surface area contributed by atoms with Crippen LogP contribution in [0.3, 0.4) is 0 Å². The van der Waals surface area contributed by atoms with Gasteiger partial charge in [-0.05, 0) is 36.8 Å². The largest absolute Gasteiger partial charge is 0.504 e. The van der Waals surface area contributed by atoms with E-state index in [1.54, 1.807) is 25.1 Å². The third-order valence-corrected chi connectivity index (χ3v) is 4.42. The highest BCUT2D eigenvalue weighted by molar-refractivity contribution is 5.77. The lowest BCUT2D eigenvalue weighted by Crippen LogP contribution is -2.25. The van der Waals surface area contributed by atoms with E-state index in [-0.39, 0.29) is 36.1 Å². The van der Waals surface area contributed by atoms with E-state index in [1.165, 1.54) is 31.6 Å². The molecule has 2 aromatic heterocycles. The topological polar surface area (TPSA) is 122 Å². The molecule has 3 aromatic rings. The van der Waals surface area contributed by atoms with Crippen LogP contribution in [0.25, 0.3) is 0 Å². The molecule has 0 radical (unpaired) electrons. The summed E-state index contributed by atoms with van der Waals surface area (Å²) >= 11 is 0. The molecular formula is C21H21NO7. The van der Waals surface area contributed by atoms with Crippen molar-refractivity contribution < 1.29 is 28.6 Å². The number of methoxy groups -OCH3 is 1. The standard InChI is InChI=1S/C21H21NO7/c1-12-8-17(24)20(26)21(29-12)15(13-5-6-16(23)18(9-13)27-2)10-19(25)22-11-14-4-3-7-28-14/h3-9,15,23,26H,10-11H2,1-2H3,(H,22,25)/t15-/m0/s1. The van der Waals surface area contributed by atoms with Crippen LogP contribution in [0.1, 0.15) is 35.2 Å². The molecule has 0 aliphatic carbocycles. The normalized spacial score (nSPS) is 11.8. The van der Waals surface area contributed by atoms with E-state index in [9.17, 15) is 19.8 Å². The van der Waals surface area contributed by atoms with Gasteiger partial charge in [0.05, 0.1) is 25.8 Å². The van der Waals surface area contributed by atoms with Crippen LogP contribution in [0.15, 0.2) is 56.3 Å². The Morgan fingerprint density at radius 3 is 2.72 bits per heavy atom. The predicted molar refractivity (Wildman–Crippen MR) is 103 cm³/mol. The number of rotatable bonds is 7. The third kappa shape index (κ3) is 4.60. The molecule has 1 atom stereocenters. The molecule has 0 spiro atoms. The monoisotopic (exact) mass is 399 g/mol. The second-order valence-electron chi connectivity index (χ2n) is 6.48. The molecule has 0 aliphatic rings. The molecule has 8 heteroatoms. The van der Waals surface area contributed by atoms with Crippen molar-refractivity contribution in [3.63, 3.8) is 0 Å². The molecule has 3 N–H and O–H groups in total. The van der Waals surface area contributed by atoms with Gasteiger partial charge in [-0.2, -0.15) is 0 Å². The molecule has 1 aromatic carbocycles. The molecule has 0 aliphatic heterocycles. The fourth-order valence-corrected chi connectivity index (χ4v) is 2.99. The Labute approximate surface area is 166 Å². The highest BCUT2D eigenvalue weighted by Crippen LogP contribution is 2.37. The number of hydrogen-bond acceptors (Lipinski definition) is 7. The van der Waals surface area contributed by atoms with E-state index in [0.29, 0.717) is 17.1 Å². The number of nitrogens with one attached hydrogen (secondary N) is 1. The number of amides is 1. The van der Waals surface area contributed by atoms with Crippen LogP contribution < -0.4 is 15.5 Å². The Bertz CT molecular complexity index is 1050. The maximum absolute atomic E-state index is 12.6. The van der Waals surface area contributed by atoms with Crippen LogP contribution >= 0.6 is 0 Å². The summed E-state index contributed by atoms with van der Waals surface area (Å²) in [5, 5.41) is 22.9. The van der Waals surface area contributed by atoms with Crippen molar-refractivity contribution in [2.24, 2.45) is 0 Å². The van der Waals surface area contributed by atoms with Crippen molar-refractivity contribution in [3.8, 4) is 17.2 Å². The summed E-state index contributed by atoms with van der Waals surface area (Å²) in [6.45, 7) is 1.77. The predicted octanol–water partition coefficient (Wildman–Crippen LogP) is 2.80. The minimum atomic E-state index is -0.784. The van der Waals surface area contributed by atoms with Gasteiger partial charge in [0.15, 0.2) is 17.3 Å². The van der Waals surface area contributed by atoms with Gasteiger partial charge in [0.25, 0.3) is 0 Å². The van der Waals surface area contributed by atoms with E-state index in [1.807, 2.05) is 0 Å². The summed E-state index contributed by atoms with van der Waals surface area (Å²) in [6, 6.07) is 9.13. The van der Waals surface area contributed by atoms with E-state index >= 15 is 0 Å². The van der Waals surface area contributed by atoms with Crippen LogP contribution in [0.5, 0.6) is 17.2 Å². The van der Waals surface area contributed by atoms with Crippen LogP contribution in [-0.4, -0.2) is 23.2 Å². The average Bonchev–Trinajstić information content (AvgIpc) is 3.21. The Kier molecular flexibility index (Phi) is 5.92. The highest BCUT2D eigenvalue weighted by atomic mass is 16.5. The molecule has 3 rings (SSSR count). The Morgan fingerprint density at radius 1 is 1.24 bits per heavy atom. The lowest BCUT2D eigenvalue weighted by molar-refractivity contribution is -0.121. The van der Waals surface area contributed by atoms with Crippen molar-refractivity contribution >= 4 is 5.91 Å². The van der Waals surface area contributed by atoms with Crippen molar-refractivity contribution in [1.29, 1.82) is 0 Å². The lowest BCUT2D eigenvalue weighted by Gasteiger charge is -2.18. The first-order chi connectivity index (χ1) is 13.9. The fraction of sp³-hybridized carbons (Fsp3) is 0.238. The summed E-state index contributed by atoms with van der Waals surface area (Å²) in [7, 11) is 1.40. The Hall–Kier alpha value is -3.68. The first-order valence-electron chi connectivity index (χ1n) is 8.88. The number of carbonyl (C=O) groups excluding carboxylic acids is 1. The molecular weight excluding hydrogens is 378 g/mol. The molecule has 0 saturated carbocycles. The molecule has 29 heavy (non-hydrogen) atoms. The van der Waals surface area contributed by atoms with Gasteiger partial charge in [0.2, 0.25) is 17.1 Å². The minimum Gasteiger partial charge on any atom is -0.504 e. The number of phenolic OH excluding ortho intramolecular Hbond substituents is 1. The van der Waals surface area contributed by atoms with Gasteiger partial charge < -0.3 is 29.1 Å². The van der Waals surface area contributed by atoms with Crippen LogP contribution in [0.2, 0.25) is 0 Å². The van der Waals surface area contributed by atoms with Crippen LogP contribution in [0.4, 0.5) is 0 Å². The van der Waals surface area contributed by atoms with Crippen LogP contribution in [-0.2, 0) is 11.3 Å².